The predicted molar refractivity (Wildman–Crippen MR) is 66.7 cm³/mol. The molecule has 92 valence electrons. The Bertz CT molecular complexity index is 568. The van der Waals surface area contributed by atoms with Gasteiger partial charge >= 0.3 is 0 Å². The fourth-order valence-corrected chi connectivity index (χ4v) is 1.75. The first-order chi connectivity index (χ1) is 8.74. The van der Waals surface area contributed by atoms with Crippen LogP contribution in [0.5, 0.6) is 0 Å². The van der Waals surface area contributed by atoms with E-state index in [0.717, 1.165) is 12.1 Å². The van der Waals surface area contributed by atoms with Gasteiger partial charge in [-0.2, -0.15) is 10.4 Å². The van der Waals surface area contributed by atoms with Gasteiger partial charge in [-0.3, -0.25) is 4.68 Å². The second-order valence-corrected chi connectivity index (χ2v) is 3.88. The van der Waals surface area contributed by atoms with Gasteiger partial charge in [0, 0.05) is 44.3 Å². The van der Waals surface area contributed by atoms with Gasteiger partial charge < -0.3 is 4.90 Å². The smallest absolute Gasteiger partial charge is 0.183 e. The molecule has 6 heteroatoms. The molecule has 0 N–H and O–H groups in total. The summed E-state index contributed by atoms with van der Waals surface area (Å²) >= 11 is 0. The number of hydrogen-bond donors (Lipinski definition) is 0. The normalized spacial score (nSPS) is 10.1. The molecule has 2 aromatic rings. The summed E-state index contributed by atoms with van der Waals surface area (Å²) in [5, 5.41) is 13.2. The van der Waals surface area contributed by atoms with Gasteiger partial charge in [0.05, 0.1) is 6.20 Å². The van der Waals surface area contributed by atoms with Gasteiger partial charge in [-0.1, -0.05) is 0 Å². The molecule has 0 aromatic carbocycles. The molecule has 0 atom stereocenters. The lowest BCUT2D eigenvalue weighted by atomic mass is 10.3. The Hall–Kier alpha value is -2.42. The second kappa shape index (κ2) is 5.27. The maximum atomic E-state index is 9.04. The summed E-state index contributed by atoms with van der Waals surface area (Å²) in [6.07, 6.45) is 6.89. The molecular weight excluding hydrogens is 228 g/mol. The Labute approximate surface area is 106 Å². The van der Waals surface area contributed by atoms with E-state index in [2.05, 4.69) is 21.1 Å². The van der Waals surface area contributed by atoms with Crippen LogP contribution >= 0.6 is 0 Å². The molecule has 0 saturated carbocycles. The topological polar surface area (TPSA) is 70.6 Å². The Morgan fingerprint density at radius 1 is 1.39 bits per heavy atom. The van der Waals surface area contributed by atoms with Gasteiger partial charge in [0.2, 0.25) is 0 Å². The average molecular weight is 242 g/mol. The summed E-state index contributed by atoms with van der Waals surface area (Å²) < 4.78 is 1.76. The van der Waals surface area contributed by atoms with Gasteiger partial charge in [0.15, 0.2) is 11.5 Å². The van der Waals surface area contributed by atoms with Gasteiger partial charge in [0.1, 0.15) is 6.07 Å². The molecule has 18 heavy (non-hydrogen) atoms. The fraction of sp³-hybridized carbons (Fsp3) is 0.333. The lowest BCUT2D eigenvalue weighted by molar-refractivity contribution is 0.764. The fourth-order valence-electron chi connectivity index (χ4n) is 1.75. The van der Waals surface area contributed by atoms with Crippen molar-refractivity contribution >= 4 is 5.82 Å². The van der Waals surface area contributed by atoms with Crippen LogP contribution in [0.15, 0.2) is 24.8 Å². The van der Waals surface area contributed by atoms with E-state index in [9.17, 15) is 0 Å². The van der Waals surface area contributed by atoms with Crippen LogP contribution in [0.1, 0.15) is 18.2 Å². The minimum Gasteiger partial charge on any atom is -0.350 e. The third-order valence-electron chi connectivity index (χ3n) is 2.60. The highest BCUT2D eigenvalue weighted by Gasteiger charge is 2.13. The molecule has 0 aliphatic heterocycles. The molecule has 0 amide bonds. The van der Waals surface area contributed by atoms with Gasteiger partial charge in [0.25, 0.3) is 0 Å². The molecule has 0 unspecified atom stereocenters. The monoisotopic (exact) mass is 242 g/mol. The summed E-state index contributed by atoms with van der Waals surface area (Å²) in [5.41, 5.74) is 1.43. The molecule has 2 heterocycles. The third kappa shape index (κ3) is 2.46. The van der Waals surface area contributed by atoms with E-state index in [1.807, 2.05) is 31.3 Å². The largest absolute Gasteiger partial charge is 0.350 e. The van der Waals surface area contributed by atoms with Gasteiger partial charge in [-0.05, 0) is 6.92 Å². The highest BCUT2D eigenvalue weighted by atomic mass is 15.3. The van der Waals surface area contributed by atoms with Crippen molar-refractivity contribution in [3.63, 3.8) is 0 Å². The Balaban J connectivity index is 2.26. The molecule has 0 aliphatic rings. The van der Waals surface area contributed by atoms with Crippen molar-refractivity contribution in [2.24, 2.45) is 7.05 Å². The number of nitriles is 1. The van der Waals surface area contributed by atoms with Crippen molar-refractivity contribution in [3.05, 3.63) is 36.0 Å². The lowest BCUT2D eigenvalue weighted by Crippen LogP contribution is -2.24. The average Bonchev–Trinajstić information content (AvgIpc) is 2.81. The number of anilines is 1. The molecular formula is C12H14N6. The van der Waals surface area contributed by atoms with E-state index in [4.69, 9.17) is 5.26 Å². The van der Waals surface area contributed by atoms with Crippen molar-refractivity contribution in [2.75, 3.05) is 11.4 Å². The third-order valence-corrected chi connectivity index (χ3v) is 2.60. The maximum absolute atomic E-state index is 9.04. The van der Waals surface area contributed by atoms with Crippen LogP contribution in [-0.4, -0.2) is 26.3 Å². The molecule has 6 nitrogen and oxygen atoms in total. The van der Waals surface area contributed by atoms with Crippen LogP contribution in [0.3, 0.4) is 0 Å². The van der Waals surface area contributed by atoms with Crippen molar-refractivity contribution in [1.82, 2.24) is 19.7 Å². The Kier molecular flexibility index (Phi) is 3.53. The quantitative estimate of drug-likeness (QED) is 0.803. The van der Waals surface area contributed by atoms with Crippen LogP contribution in [0.2, 0.25) is 0 Å². The maximum Gasteiger partial charge on any atom is 0.183 e. The SMILES string of the molecule is CCN(Cc1cnn(C)c1)c1nccnc1C#N. The van der Waals surface area contributed by atoms with Crippen LogP contribution < -0.4 is 4.90 Å². The summed E-state index contributed by atoms with van der Waals surface area (Å²) in [6, 6.07) is 2.07. The molecule has 2 aromatic heterocycles. The zero-order valence-corrected chi connectivity index (χ0v) is 10.4. The zero-order valence-electron chi connectivity index (χ0n) is 10.4. The van der Waals surface area contributed by atoms with E-state index < -0.39 is 0 Å². The standard InChI is InChI=1S/C12H14N6/c1-3-18(9-10-7-16-17(2)8-10)12-11(6-13)14-4-5-15-12/h4-5,7-8H,3,9H2,1-2H3. The second-order valence-electron chi connectivity index (χ2n) is 3.88. The van der Waals surface area contributed by atoms with E-state index in [0.29, 0.717) is 18.1 Å². The minimum atomic E-state index is 0.350. The molecule has 0 saturated heterocycles. The summed E-state index contributed by atoms with van der Waals surface area (Å²) in [4.78, 5) is 10.3. The summed E-state index contributed by atoms with van der Waals surface area (Å²) in [5.74, 6) is 0.617. The van der Waals surface area contributed by atoms with Gasteiger partial charge in [-0.25, -0.2) is 9.97 Å². The first-order valence-electron chi connectivity index (χ1n) is 5.68. The van der Waals surface area contributed by atoms with Crippen molar-refractivity contribution in [1.29, 1.82) is 5.26 Å². The molecule has 0 radical (unpaired) electrons. The minimum absolute atomic E-state index is 0.350. The van der Waals surface area contributed by atoms with Crippen LogP contribution in [-0.2, 0) is 13.6 Å². The van der Waals surface area contributed by atoms with E-state index in [1.165, 1.54) is 6.20 Å². The summed E-state index contributed by atoms with van der Waals surface area (Å²) in [6.45, 7) is 3.44. The van der Waals surface area contributed by atoms with Crippen molar-refractivity contribution in [3.8, 4) is 6.07 Å². The molecule has 0 bridgehead atoms. The van der Waals surface area contributed by atoms with Crippen LogP contribution in [0, 0.1) is 11.3 Å². The summed E-state index contributed by atoms with van der Waals surface area (Å²) in [7, 11) is 1.88. The van der Waals surface area contributed by atoms with Crippen molar-refractivity contribution in [2.45, 2.75) is 13.5 Å². The predicted octanol–water partition coefficient (Wildman–Crippen LogP) is 1.11. The molecule has 2 rings (SSSR count). The molecule has 0 fully saturated rings. The lowest BCUT2D eigenvalue weighted by Gasteiger charge is -2.21. The highest BCUT2D eigenvalue weighted by molar-refractivity contribution is 5.49. The van der Waals surface area contributed by atoms with E-state index in [1.54, 1.807) is 10.9 Å². The van der Waals surface area contributed by atoms with Crippen LogP contribution in [0.4, 0.5) is 5.82 Å². The molecule has 0 spiro atoms. The number of aryl methyl sites for hydroxylation is 1. The highest BCUT2D eigenvalue weighted by Crippen LogP contribution is 2.16. The number of rotatable bonds is 4. The number of hydrogen-bond acceptors (Lipinski definition) is 5. The Morgan fingerprint density at radius 2 is 2.17 bits per heavy atom. The van der Waals surface area contributed by atoms with E-state index >= 15 is 0 Å². The van der Waals surface area contributed by atoms with Gasteiger partial charge in [-0.15, -0.1) is 0 Å². The Morgan fingerprint density at radius 3 is 2.78 bits per heavy atom. The van der Waals surface area contributed by atoms with Crippen molar-refractivity contribution < 1.29 is 0 Å². The van der Waals surface area contributed by atoms with Crippen LogP contribution in [0.25, 0.3) is 0 Å². The number of nitrogens with zero attached hydrogens (tertiary/aromatic N) is 6. The first-order valence-corrected chi connectivity index (χ1v) is 5.68. The number of aromatic nitrogens is 4. The molecule has 0 aliphatic carbocycles. The first kappa shape index (κ1) is 12.0. The zero-order chi connectivity index (χ0) is 13.0. The van der Waals surface area contributed by atoms with E-state index in [-0.39, 0.29) is 0 Å².